The van der Waals surface area contributed by atoms with E-state index in [4.69, 9.17) is 5.11 Å². The van der Waals surface area contributed by atoms with Gasteiger partial charge in [-0.05, 0) is 6.92 Å². The maximum Gasteiger partial charge on any atom is 0.457 e. The summed E-state index contributed by atoms with van der Waals surface area (Å²) in [7, 11) is 0. The van der Waals surface area contributed by atoms with Gasteiger partial charge in [0, 0.05) is 6.42 Å². The highest BCUT2D eigenvalue weighted by Gasteiger charge is 3.02. The molecular formula is C18H6F31O. The Balaban J connectivity index is 7.82. The molecule has 0 aliphatic carbocycles. The van der Waals surface area contributed by atoms with Gasteiger partial charge in [-0.3, -0.25) is 0 Å². The van der Waals surface area contributed by atoms with Crippen LogP contribution in [0.25, 0.3) is 0 Å². The van der Waals surface area contributed by atoms with E-state index in [1.54, 1.807) is 0 Å². The van der Waals surface area contributed by atoms with Crippen LogP contribution in [-0.2, 0) is 0 Å². The average Bonchev–Trinajstić information content (AvgIpc) is 2.84. The Hall–Kier alpha value is -2.21. The van der Waals surface area contributed by atoms with Gasteiger partial charge >= 0.3 is 89.1 Å². The van der Waals surface area contributed by atoms with E-state index >= 15 is 0 Å². The molecule has 1 nitrogen and oxygen atoms in total. The van der Waals surface area contributed by atoms with Crippen molar-refractivity contribution in [3.05, 3.63) is 6.92 Å². The van der Waals surface area contributed by atoms with Crippen LogP contribution in [0.1, 0.15) is 6.42 Å². The summed E-state index contributed by atoms with van der Waals surface area (Å²) in [5, 5.41) is 8.41. The molecule has 1 radical (unpaired) electrons. The first-order chi connectivity index (χ1) is 20.9. The van der Waals surface area contributed by atoms with E-state index in [2.05, 4.69) is 0 Å². The van der Waals surface area contributed by atoms with Gasteiger partial charge in [0.2, 0.25) is 0 Å². The molecule has 32 heteroatoms. The maximum absolute atomic E-state index is 13.9. The van der Waals surface area contributed by atoms with Gasteiger partial charge in [0.15, 0.2) is 0 Å². The van der Waals surface area contributed by atoms with Crippen molar-refractivity contribution in [3.63, 3.8) is 0 Å². The van der Waals surface area contributed by atoms with Crippen molar-refractivity contribution in [2.24, 2.45) is 0 Å². The van der Waals surface area contributed by atoms with Crippen LogP contribution in [-0.4, -0.2) is 100 Å². The minimum atomic E-state index is -10.2. The molecule has 0 heterocycles. The second kappa shape index (κ2) is 11.6. The predicted molar refractivity (Wildman–Crippen MR) is 91.3 cm³/mol. The van der Waals surface area contributed by atoms with Crippen molar-refractivity contribution in [1.29, 1.82) is 0 Å². The van der Waals surface area contributed by atoms with Crippen molar-refractivity contribution >= 4 is 0 Å². The first-order valence-corrected chi connectivity index (χ1v) is 10.8. The molecule has 2 unspecified atom stereocenters. The standard InChI is InChI=1S/C18H6F31O/c1-3(50)2-4(19,20)6(22,23)9(28,29)11(32,33)13(36,37)15(40,41)16(42,43)14(38,39)12(34,35)10(30,31)7(24,25)5(21,17(44,45)46)8(26,27)18(47,48)49/h3,50H,1-2H2. The smallest absolute Gasteiger partial charge is 0.393 e. The summed E-state index contributed by atoms with van der Waals surface area (Å²) in [5.74, 6) is -114. The van der Waals surface area contributed by atoms with Crippen LogP contribution >= 0.6 is 0 Å². The molecule has 0 aliphatic rings. The van der Waals surface area contributed by atoms with E-state index < -0.39 is 102 Å². The van der Waals surface area contributed by atoms with Crippen LogP contribution in [0.15, 0.2) is 0 Å². The quantitative estimate of drug-likeness (QED) is 0.173. The topological polar surface area (TPSA) is 20.2 Å². The molecule has 0 rings (SSSR count). The van der Waals surface area contributed by atoms with E-state index in [1.807, 2.05) is 6.92 Å². The molecule has 50 heavy (non-hydrogen) atoms. The summed E-state index contributed by atoms with van der Waals surface area (Å²) < 4.78 is 417. The molecule has 0 bridgehead atoms. The Morgan fingerprint density at radius 2 is 0.500 bits per heavy atom. The summed E-state index contributed by atoms with van der Waals surface area (Å²) >= 11 is 0. The zero-order chi connectivity index (χ0) is 41.8. The summed E-state index contributed by atoms with van der Waals surface area (Å²) in [6, 6.07) is 0. The third kappa shape index (κ3) is 5.54. The number of hydrogen-bond donors (Lipinski definition) is 1. The van der Waals surface area contributed by atoms with E-state index in [1.165, 1.54) is 0 Å². The van der Waals surface area contributed by atoms with Crippen molar-refractivity contribution < 1.29 is 141 Å². The molecule has 0 aromatic carbocycles. The zero-order valence-electron chi connectivity index (χ0n) is 21.7. The van der Waals surface area contributed by atoms with Crippen LogP contribution in [0.3, 0.4) is 0 Å². The molecule has 301 valence electrons. The lowest BCUT2D eigenvalue weighted by atomic mass is 9.79. The van der Waals surface area contributed by atoms with Crippen molar-refractivity contribution in [2.45, 2.75) is 102 Å². The Bertz CT molecular complexity index is 1220. The number of alkyl halides is 31. The van der Waals surface area contributed by atoms with Gasteiger partial charge in [-0.25, -0.2) is 4.39 Å². The van der Waals surface area contributed by atoms with Gasteiger partial charge < -0.3 is 5.11 Å². The number of aliphatic hydroxyl groups excluding tert-OH is 1. The molecule has 0 aromatic rings. The second-order valence-electron chi connectivity index (χ2n) is 9.53. The third-order valence-electron chi connectivity index (χ3n) is 6.11. The number of hydrogen-bond acceptors (Lipinski definition) is 1. The predicted octanol–water partition coefficient (Wildman–Crippen LogP) is 10.0. The SMILES string of the molecule is [CH2]C(O)CC(F)(F)C(F)(F)C(F)(F)C(F)(F)C(F)(F)C(F)(F)C(F)(F)C(F)(F)C(F)(F)C(F)(F)C(F)(F)C(F)(C(F)(F)F)C(F)(F)C(F)(F)F. The first-order valence-electron chi connectivity index (χ1n) is 10.8. The molecular weight excluding hydrogens is 821 g/mol. The summed E-state index contributed by atoms with van der Waals surface area (Å²) in [4.78, 5) is 0. The summed E-state index contributed by atoms with van der Waals surface area (Å²) in [5.41, 5.74) is -9.82. The van der Waals surface area contributed by atoms with E-state index in [0.29, 0.717) is 0 Å². The molecule has 0 aromatic heterocycles. The van der Waals surface area contributed by atoms with Gasteiger partial charge in [0.05, 0.1) is 6.10 Å². The molecule has 0 saturated heterocycles. The molecule has 2 atom stereocenters. The minimum absolute atomic E-state index is 1.93. The monoisotopic (exact) mass is 827 g/mol. The Morgan fingerprint density at radius 1 is 0.300 bits per heavy atom. The molecule has 0 fully saturated rings. The van der Waals surface area contributed by atoms with Gasteiger partial charge in [0.1, 0.15) is 0 Å². The van der Waals surface area contributed by atoms with E-state index in [0.717, 1.165) is 0 Å². The number of aliphatic hydroxyl groups is 1. The average molecular weight is 827 g/mol. The van der Waals surface area contributed by atoms with Crippen molar-refractivity contribution in [1.82, 2.24) is 0 Å². The fourth-order valence-electron chi connectivity index (χ4n) is 3.20. The minimum Gasteiger partial charge on any atom is -0.393 e. The lowest BCUT2D eigenvalue weighted by Gasteiger charge is -2.47. The highest BCUT2D eigenvalue weighted by Crippen LogP contribution is 2.70. The van der Waals surface area contributed by atoms with Gasteiger partial charge in [-0.2, -0.15) is 132 Å². The van der Waals surface area contributed by atoms with Crippen LogP contribution in [0.5, 0.6) is 0 Å². The Labute approximate surface area is 251 Å². The summed E-state index contributed by atoms with van der Waals surface area (Å²) in [6.45, 7) is 1.93. The van der Waals surface area contributed by atoms with Gasteiger partial charge in [-0.1, -0.05) is 0 Å². The Morgan fingerprint density at radius 3 is 0.680 bits per heavy atom. The first kappa shape index (κ1) is 47.8. The fraction of sp³-hybridized carbons (Fsp3) is 0.944. The van der Waals surface area contributed by atoms with Crippen LogP contribution in [0, 0.1) is 6.92 Å². The van der Waals surface area contributed by atoms with Crippen LogP contribution in [0.2, 0.25) is 0 Å². The Kier molecular flexibility index (Phi) is 11.1. The molecule has 0 aliphatic heterocycles. The molecule has 0 spiro atoms. The fourth-order valence-corrected chi connectivity index (χ4v) is 3.20. The van der Waals surface area contributed by atoms with E-state index in [-0.39, 0.29) is 0 Å². The van der Waals surface area contributed by atoms with Gasteiger partial charge in [0.25, 0.3) is 0 Å². The zero-order valence-corrected chi connectivity index (χ0v) is 21.7. The number of halogens is 31. The van der Waals surface area contributed by atoms with Crippen LogP contribution in [0.4, 0.5) is 136 Å². The van der Waals surface area contributed by atoms with E-state index in [9.17, 15) is 136 Å². The van der Waals surface area contributed by atoms with Crippen LogP contribution < -0.4 is 0 Å². The number of rotatable bonds is 14. The molecule has 1 N–H and O–H groups in total. The normalized spacial score (nSPS) is 18.7. The highest BCUT2D eigenvalue weighted by atomic mass is 19.4. The molecule has 0 amide bonds. The lowest BCUT2D eigenvalue weighted by Crippen LogP contribution is -2.81. The third-order valence-corrected chi connectivity index (χ3v) is 6.11. The maximum atomic E-state index is 13.9. The largest absolute Gasteiger partial charge is 0.457 e. The van der Waals surface area contributed by atoms with Crippen molar-refractivity contribution in [3.8, 4) is 0 Å². The van der Waals surface area contributed by atoms with Crippen molar-refractivity contribution in [2.75, 3.05) is 0 Å². The summed E-state index contributed by atoms with van der Waals surface area (Å²) in [6.07, 6.45) is -24.6. The second-order valence-corrected chi connectivity index (χ2v) is 9.53. The van der Waals surface area contributed by atoms with Gasteiger partial charge in [-0.15, -0.1) is 0 Å². The molecule has 0 saturated carbocycles. The highest BCUT2D eigenvalue weighted by molar-refractivity contribution is 5.23. The lowest BCUT2D eigenvalue weighted by molar-refractivity contribution is -0.492.